The number of carbonyl (C=O) groups excluding carboxylic acids is 3. The molecule has 0 amide bonds. The first-order valence-corrected chi connectivity index (χ1v) is 29.7. The van der Waals surface area contributed by atoms with Gasteiger partial charge in [-0.2, -0.15) is 0 Å². The van der Waals surface area contributed by atoms with E-state index < -0.39 is 6.10 Å². The molecule has 0 aromatic carbocycles. The maximum absolute atomic E-state index is 12.8. The molecule has 0 rings (SSSR count). The quantitative estimate of drug-likeness (QED) is 0.0261. The van der Waals surface area contributed by atoms with Gasteiger partial charge < -0.3 is 14.2 Å². The summed E-state index contributed by atoms with van der Waals surface area (Å²) < 4.78 is 16.8. The molecule has 0 aromatic rings. The number of allylic oxidation sites excluding steroid dienone is 22. The molecule has 0 aliphatic carbocycles. The van der Waals surface area contributed by atoms with Gasteiger partial charge in [0.25, 0.3) is 0 Å². The molecule has 0 radical (unpaired) electrons. The van der Waals surface area contributed by atoms with E-state index in [2.05, 4.69) is 154 Å². The third kappa shape index (κ3) is 58.3. The Morgan fingerprint density at radius 3 is 0.945 bits per heavy atom. The Balaban J connectivity index is 4.42. The monoisotopic (exact) mass is 1010 g/mol. The molecule has 0 saturated heterocycles. The lowest BCUT2D eigenvalue weighted by Crippen LogP contribution is -2.30. The van der Waals surface area contributed by atoms with Gasteiger partial charge in [-0.25, -0.2) is 0 Å². The van der Waals surface area contributed by atoms with Gasteiger partial charge in [-0.05, 0) is 128 Å². The molecule has 6 heteroatoms. The second-order valence-electron chi connectivity index (χ2n) is 19.2. The first-order chi connectivity index (χ1) is 36.0. The van der Waals surface area contributed by atoms with Crippen LogP contribution in [0.1, 0.15) is 252 Å². The molecule has 0 N–H and O–H groups in total. The van der Waals surface area contributed by atoms with Gasteiger partial charge in [0.2, 0.25) is 0 Å². The van der Waals surface area contributed by atoms with Crippen LogP contribution in [0.2, 0.25) is 0 Å². The molecule has 0 aliphatic rings. The fraction of sp³-hybridized carbons (Fsp3) is 0.627. The highest BCUT2D eigenvalue weighted by Crippen LogP contribution is 2.13. The zero-order valence-corrected chi connectivity index (χ0v) is 47.1. The van der Waals surface area contributed by atoms with Gasteiger partial charge in [0.05, 0.1) is 0 Å². The smallest absolute Gasteiger partial charge is 0.306 e. The summed E-state index contributed by atoms with van der Waals surface area (Å²) in [7, 11) is 0. The third-order valence-electron chi connectivity index (χ3n) is 12.1. The number of ether oxygens (including phenoxy) is 3. The largest absolute Gasteiger partial charge is 0.462 e. The van der Waals surface area contributed by atoms with Gasteiger partial charge in [-0.15, -0.1) is 0 Å². The molecule has 0 spiro atoms. The minimum absolute atomic E-state index is 0.107. The Kier molecular flexibility index (Phi) is 56.4. The minimum atomic E-state index is -0.813. The molecule has 0 saturated carbocycles. The first kappa shape index (κ1) is 68.6. The summed E-state index contributed by atoms with van der Waals surface area (Å²) in [5.41, 5.74) is 0. The summed E-state index contributed by atoms with van der Waals surface area (Å²) in [6.07, 6.45) is 84.6. The molecule has 1 atom stereocenters. The summed E-state index contributed by atoms with van der Waals surface area (Å²) >= 11 is 0. The van der Waals surface area contributed by atoms with Crippen molar-refractivity contribution < 1.29 is 28.6 Å². The Morgan fingerprint density at radius 2 is 0.562 bits per heavy atom. The highest BCUT2D eigenvalue weighted by Gasteiger charge is 2.19. The first-order valence-electron chi connectivity index (χ1n) is 29.7. The number of hydrogen-bond donors (Lipinski definition) is 0. The number of esters is 3. The summed E-state index contributed by atoms with van der Waals surface area (Å²) in [6.45, 7) is 6.41. The van der Waals surface area contributed by atoms with Crippen molar-refractivity contribution >= 4 is 17.9 Å². The van der Waals surface area contributed by atoms with Crippen molar-refractivity contribution in [2.75, 3.05) is 13.2 Å². The molecular weight excluding hydrogens is 901 g/mol. The zero-order valence-electron chi connectivity index (χ0n) is 47.1. The average molecular weight is 1010 g/mol. The predicted molar refractivity (Wildman–Crippen MR) is 316 cm³/mol. The van der Waals surface area contributed by atoms with Crippen molar-refractivity contribution in [2.45, 2.75) is 258 Å². The van der Waals surface area contributed by atoms with E-state index in [0.29, 0.717) is 19.3 Å². The summed E-state index contributed by atoms with van der Waals surface area (Å²) in [6, 6.07) is 0. The summed E-state index contributed by atoms with van der Waals surface area (Å²) in [5, 5.41) is 0. The molecule has 0 heterocycles. The van der Waals surface area contributed by atoms with Crippen molar-refractivity contribution in [3.05, 3.63) is 134 Å². The van der Waals surface area contributed by atoms with Crippen LogP contribution in [-0.2, 0) is 28.6 Å². The maximum atomic E-state index is 12.8. The van der Waals surface area contributed by atoms with E-state index in [9.17, 15) is 14.4 Å². The number of rotatable bonds is 52. The highest BCUT2D eigenvalue weighted by molar-refractivity contribution is 5.71. The molecule has 6 nitrogen and oxygen atoms in total. The lowest BCUT2D eigenvalue weighted by molar-refractivity contribution is -0.167. The van der Waals surface area contributed by atoms with Gasteiger partial charge in [-0.1, -0.05) is 238 Å². The fourth-order valence-corrected chi connectivity index (χ4v) is 7.65. The van der Waals surface area contributed by atoms with Gasteiger partial charge in [0.1, 0.15) is 13.2 Å². The van der Waals surface area contributed by atoms with Crippen LogP contribution in [0.4, 0.5) is 0 Å². The molecule has 73 heavy (non-hydrogen) atoms. The fourth-order valence-electron chi connectivity index (χ4n) is 7.65. The lowest BCUT2D eigenvalue weighted by atomic mass is 10.1. The predicted octanol–water partition coefficient (Wildman–Crippen LogP) is 20.2. The van der Waals surface area contributed by atoms with E-state index in [-0.39, 0.29) is 37.5 Å². The molecule has 0 bridgehead atoms. The zero-order chi connectivity index (χ0) is 52.9. The summed E-state index contributed by atoms with van der Waals surface area (Å²) in [5.74, 6) is -0.991. The number of carbonyl (C=O) groups is 3. The average Bonchev–Trinajstić information content (AvgIpc) is 3.39. The molecule has 412 valence electrons. The Labute approximate surface area is 449 Å². The third-order valence-corrected chi connectivity index (χ3v) is 12.1. The molecule has 1 unspecified atom stereocenters. The van der Waals surface area contributed by atoms with E-state index in [4.69, 9.17) is 14.2 Å². The van der Waals surface area contributed by atoms with Crippen molar-refractivity contribution in [1.29, 1.82) is 0 Å². The Hall–Kier alpha value is -4.45. The maximum Gasteiger partial charge on any atom is 0.306 e. The topological polar surface area (TPSA) is 78.9 Å². The van der Waals surface area contributed by atoms with Crippen molar-refractivity contribution in [3.8, 4) is 0 Å². The lowest BCUT2D eigenvalue weighted by Gasteiger charge is -2.18. The van der Waals surface area contributed by atoms with Crippen molar-refractivity contribution in [1.82, 2.24) is 0 Å². The molecular formula is C67H108O6. The van der Waals surface area contributed by atoms with Crippen LogP contribution in [0.3, 0.4) is 0 Å². The SMILES string of the molecule is CC/C=C\C/C=C\C/C=C\C/C=C\C/C=C\C/C=C\C/C=C\C/C=C\C/C=C\CCCC(=O)OCC(COC(=O)CCCCCCC/C=C\CCCC)OC(=O)CCCCCCC/C=C\CCCCCCCC. The minimum Gasteiger partial charge on any atom is -0.462 e. The Bertz CT molecular complexity index is 1580. The van der Waals surface area contributed by atoms with Gasteiger partial charge >= 0.3 is 17.9 Å². The van der Waals surface area contributed by atoms with Crippen molar-refractivity contribution in [2.24, 2.45) is 0 Å². The van der Waals surface area contributed by atoms with E-state index in [1.54, 1.807) is 0 Å². The Morgan fingerprint density at radius 1 is 0.288 bits per heavy atom. The van der Waals surface area contributed by atoms with Crippen LogP contribution in [-0.4, -0.2) is 37.2 Å². The molecule has 0 fully saturated rings. The van der Waals surface area contributed by atoms with E-state index in [1.165, 1.54) is 77.0 Å². The number of unbranched alkanes of at least 4 members (excludes halogenated alkanes) is 19. The molecule has 0 aliphatic heterocycles. The second kappa shape index (κ2) is 60.1. The van der Waals surface area contributed by atoms with E-state index in [1.807, 2.05) is 0 Å². The van der Waals surface area contributed by atoms with Crippen molar-refractivity contribution in [3.63, 3.8) is 0 Å². The van der Waals surface area contributed by atoms with Crippen LogP contribution < -0.4 is 0 Å². The van der Waals surface area contributed by atoms with Gasteiger partial charge in [-0.3, -0.25) is 14.4 Å². The van der Waals surface area contributed by atoms with E-state index in [0.717, 1.165) is 128 Å². The van der Waals surface area contributed by atoms with Crippen LogP contribution in [0.25, 0.3) is 0 Å². The van der Waals surface area contributed by atoms with Crippen LogP contribution in [0.5, 0.6) is 0 Å². The van der Waals surface area contributed by atoms with Crippen LogP contribution in [0.15, 0.2) is 134 Å². The van der Waals surface area contributed by atoms with Gasteiger partial charge in [0.15, 0.2) is 6.10 Å². The normalized spacial score (nSPS) is 13.1. The number of hydrogen-bond acceptors (Lipinski definition) is 6. The molecule has 0 aromatic heterocycles. The van der Waals surface area contributed by atoms with Gasteiger partial charge in [0, 0.05) is 19.3 Å². The van der Waals surface area contributed by atoms with Crippen LogP contribution >= 0.6 is 0 Å². The van der Waals surface area contributed by atoms with E-state index >= 15 is 0 Å². The van der Waals surface area contributed by atoms with Crippen LogP contribution in [0, 0.1) is 0 Å². The second-order valence-corrected chi connectivity index (χ2v) is 19.2. The highest BCUT2D eigenvalue weighted by atomic mass is 16.6. The summed E-state index contributed by atoms with van der Waals surface area (Å²) in [4.78, 5) is 38.1. The standard InChI is InChI=1S/C67H108O6/c1-4-7-10-13-16-19-22-24-26-27-28-29-30-31-32-33-34-35-36-37-38-39-41-42-45-48-51-54-57-60-66(69)72-63-64(62-71-65(68)59-56-53-50-47-44-21-18-15-12-9-6-3)73-67(70)61-58-55-52-49-46-43-40-25-23-20-17-14-11-8-5-2/h7,10,15-16,18-19,24-26,28-29,31-32,34-35,37-38,40-42,48,51,64H,4-6,8-9,11-14,17,20-23,27,30,33,36,39,43-47,49-50,52-63H2,1-3H3/b10-7-,18-15-,19-16-,26-24-,29-28-,32-31-,35-34-,38-37-,40-25-,42-41-,51-48-.